The lowest BCUT2D eigenvalue weighted by Crippen LogP contribution is -1.99. The molecule has 2 aromatic rings. The molecule has 1 heterocycles. The highest BCUT2D eigenvalue weighted by atomic mass is 19.2. The van der Waals surface area contributed by atoms with Crippen LogP contribution in [0.1, 0.15) is 11.3 Å². The first-order chi connectivity index (χ1) is 8.60. The highest BCUT2D eigenvalue weighted by molar-refractivity contribution is 5.44. The van der Waals surface area contributed by atoms with Gasteiger partial charge < -0.3 is 9.88 Å². The van der Waals surface area contributed by atoms with E-state index in [0.717, 1.165) is 17.7 Å². The maximum atomic E-state index is 13.0. The number of benzene rings is 1. The number of aromatic nitrogens is 1. The Labute approximate surface area is 103 Å². The smallest absolute Gasteiger partial charge is 0.160 e. The lowest BCUT2D eigenvalue weighted by molar-refractivity contribution is 0.509. The molecule has 2 rings (SSSR count). The van der Waals surface area contributed by atoms with E-state index in [4.69, 9.17) is 5.26 Å². The van der Waals surface area contributed by atoms with Crippen molar-refractivity contribution in [3.63, 3.8) is 0 Å². The first-order valence-electron chi connectivity index (χ1n) is 5.34. The molecule has 92 valence electrons. The van der Waals surface area contributed by atoms with Crippen LogP contribution in [0.5, 0.6) is 0 Å². The predicted molar refractivity (Wildman–Crippen MR) is 63.8 cm³/mol. The highest BCUT2D eigenvalue weighted by Gasteiger charge is 2.04. The molecule has 0 aliphatic heterocycles. The molecule has 3 nitrogen and oxygen atoms in total. The van der Waals surface area contributed by atoms with E-state index in [1.165, 1.54) is 6.07 Å². The van der Waals surface area contributed by atoms with E-state index in [1.807, 2.05) is 6.20 Å². The van der Waals surface area contributed by atoms with E-state index in [1.54, 1.807) is 17.7 Å². The Kier molecular flexibility index (Phi) is 3.28. The number of aryl methyl sites for hydroxylation is 1. The van der Waals surface area contributed by atoms with E-state index in [9.17, 15) is 8.78 Å². The van der Waals surface area contributed by atoms with Gasteiger partial charge >= 0.3 is 0 Å². The number of halogens is 2. The van der Waals surface area contributed by atoms with Gasteiger partial charge in [0.2, 0.25) is 0 Å². The molecule has 0 unspecified atom stereocenters. The Hall–Kier alpha value is -2.35. The minimum Gasteiger partial charge on any atom is -0.381 e. The minimum atomic E-state index is -0.884. The third kappa shape index (κ3) is 2.48. The van der Waals surface area contributed by atoms with Crippen LogP contribution in [0, 0.1) is 23.0 Å². The Bertz CT molecular complexity index is 611. The van der Waals surface area contributed by atoms with E-state index in [2.05, 4.69) is 11.4 Å². The summed E-state index contributed by atoms with van der Waals surface area (Å²) in [5.41, 5.74) is 1.95. The third-order valence-electron chi connectivity index (χ3n) is 2.59. The van der Waals surface area contributed by atoms with Crippen molar-refractivity contribution in [3.8, 4) is 6.07 Å². The van der Waals surface area contributed by atoms with Gasteiger partial charge in [-0.15, -0.1) is 0 Å². The van der Waals surface area contributed by atoms with Crippen LogP contribution in [-0.4, -0.2) is 4.57 Å². The van der Waals surface area contributed by atoms with Crippen LogP contribution in [0.15, 0.2) is 30.5 Å². The summed E-state index contributed by atoms with van der Waals surface area (Å²) >= 11 is 0. The summed E-state index contributed by atoms with van der Waals surface area (Å²) in [5, 5.41) is 11.8. The average molecular weight is 247 g/mol. The van der Waals surface area contributed by atoms with Crippen molar-refractivity contribution in [2.75, 3.05) is 5.32 Å². The molecule has 0 aliphatic rings. The van der Waals surface area contributed by atoms with Crippen LogP contribution < -0.4 is 5.32 Å². The van der Waals surface area contributed by atoms with Gasteiger partial charge in [0.15, 0.2) is 11.6 Å². The van der Waals surface area contributed by atoms with Crippen molar-refractivity contribution in [2.45, 2.75) is 6.54 Å². The normalized spacial score (nSPS) is 10.1. The summed E-state index contributed by atoms with van der Waals surface area (Å²) in [6, 6.07) is 7.44. The number of hydrogen-bond acceptors (Lipinski definition) is 2. The van der Waals surface area contributed by atoms with Crippen molar-refractivity contribution in [2.24, 2.45) is 7.05 Å². The zero-order valence-corrected chi connectivity index (χ0v) is 9.74. The summed E-state index contributed by atoms with van der Waals surface area (Å²) in [7, 11) is 1.78. The van der Waals surface area contributed by atoms with Gasteiger partial charge in [-0.25, -0.2) is 8.78 Å². The van der Waals surface area contributed by atoms with E-state index >= 15 is 0 Å². The van der Waals surface area contributed by atoms with Crippen molar-refractivity contribution in [1.82, 2.24) is 4.57 Å². The number of rotatable bonds is 3. The summed E-state index contributed by atoms with van der Waals surface area (Å²) in [4.78, 5) is 0. The molecule has 1 N–H and O–H groups in total. The van der Waals surface area contributed by atoms with Crippen LogP contribution in [0.2, 0.25) is 0 Å². The summed E-state index contributed by atoms with van der Waals surface area (Å²) in [6.45, 7) is 0.445. The predicted octanol–water partition coefficient (Wildman–Crippen LogP) is 2.79. The maximum Gasteiger partial charge on any atom is 0.160 e. The van der Waals surface area contributed by atoms with Gasteiger partial charge in [-0.1, -0.05) is 0 Å². The van der Waals surface area contributed by atoms with Gasteiger partial charge in [0.1, 0.15) is 11.8 Å². The summed E-state index contributed by atoms with van der Waals surface area (Å²) in [5.74, 6) is -1.75. The van der Waals surface area contributed by atoms with Crippen LogP contribution in [-0.2, 0) is 13.6 Å². The first-order valence-corrected chi connectivity index (χ1v) is 5.34. The molecule has 0 saturated carbocycles. The van der Waals surface area contributed by atoms with Gasteiger partial charge in [-0.3, -0.25) is 0 Å². The van der Waals surface area contributed by atoms with E-state index in [0.29, 0.717) is 17.9 Å². The van der Waals surface area contributed by atoms with Crippen molar-refractivity contribution in [3.05, 3.63) is 53.4 Å². The second kappa shape index (κ2) is 4.88. The second-order valence-corrected chi connectivity index (χ2v) is 3.94. The number of nitrogens with zero attached hydrogens (tertiary/aromatic N) is 2. The molecule has 0 bridgehead atoms. The molecule has 1 aromatic carbocycles. The van der Waals surface area contributed by atoms with Gasteiger partial charge in [0, 0.05) is 31.5 Å². The largest absolute Gasteiger partial charge is 0.381 e. The molecular weight excluding hydrogens is 236 g/mol. The highest BCUT2D eigenvalue weighted by Crippen LogP contribution is 2.15. The Morgan fingerprint density at radius 2 is 2.06 bits per heavy atom. The molecular formula is C13H11F2N3. The molecule has 0 fully saturated rings. The van der Waals surface area contributed by atoms with Crippen LogP contribution >= 0.6 is 0 Å². The Morgan fingerprint density at radius 1 is 1.28 bits per heavy atom. The topological polar surface area (TPSA) is 40.8 Å². The van der Waals surface area contributed by atoms with Gasteiger partial charge in [-0.05, 0) is 23.8 Å². The third-order valence-corrected chi connectivity index (χ3v) is 2.59. The van der Waals surface area contributed by atoms with Gasteiger partial charge in [0.05, 0.1) is 0 Å². The zero-order chi connectivity index (χ0) is 13.1. The SMILES string of the molecule is Cn1cc(CNc2ccc(F)c(F)c2)cc1C#N. The van der Waals surface area contributed by atoms with Crippen molar-refractivity contribution in [1.29, 1.82) is 5.26 Å². The van der Waals surface area contributed by atoms with Gasteiger partial charge in [0.25, 0.3) is 0 Å². The quantitative estimate of drug-likeness (QED) is 0.906. The monoisotopic (exact) mass is 247 g/mol. The lowest BCUT2D eigenvalue weighted by atomic mass is 10.2. The van der Waals surface area contributed by atoms with E-state index in [-0.39, 0.29) is 0 Å². The van der Waals surface area contributed by atoms with Crippen LogP contribution in [0.25, 0.3) is 0 Å². The number of nitriles is 1. The first kappa shape index (κ1) is 12.1. The van der Waals surface area contributed by atoms with Crippen LogP contribution in [0.4, 0.5) is 14.5 Å². The number of nitrogens with one attached hydrogen (secondary N) is 1. The Balaban J connectivity index is 2.07. The molecule has 0 amide bonds. The molecule has 0 aliphatic carbocycles. The average Bonchev–Trinajstić information content (AvgIpc) is 2.71. The molecule has 18 heavy (non-hydrogen) atoms. The fourth-order valence-electron chi connectivity index (χ4n) is 1.65. The lowest BCUT2D eigenvalue weighted by Gasteiger charge is -2.05. The fraction of sp³-hybridized carbons (Fsp3) is 0.154. The Morgan fingerprint density at radius 3 is 2.67 bits per heavy atom. The molecule has 0 saturated heterocycles. The number of anilines is 1. The maximum absolute atomic E-state index is 13.0. The zero-order valence-electron chi connectivity index (χ0n) is 9.74. The van der Waals surface area contributed by atoms with Crippen molar-refractivity contribution >= 4 is 5.69 Å². The molecule has 0 atom stereocenters. The molecule has 1 aromatic heterocycles. The molecule has 0 spiro atoms. The standard InChI is InChI=1S/C13H11F2N3/c1-18-8-9(4-11(18)6-16)7-17-10-2-3-12(14)13(15)5-10/h2-5,8,17H,7H2,1H3. The summed E-state index contributed by atoms with van der Waals surface area (Å²) in [6.07, 6.45) is 1.81. The second-order valence-electron chi connectivity index (χ2n) is 3.94. The molecule has 5 heteroatoms. The molecule has 0 radical (unpaired) electrons. The van der Waals surface area contributed by atoms with E-state index < -0.39 is 11.6 Å². The van der Waals surface area contributed by atoms with Crippen molar-refractivity contribution < 1.29 is 8.78 Å². The number of hydrogen-bond donors (Lipinski definition) is 1. The van der Waals surface area contributed by atoms with Gasteiger partial charge in [-0.2, -0.15) is 5.26 Å². The van der Waals surface area contributed by atoms with Crippen LogP contribution in [0.3, 0.4) is 0 Å². The minimum absolute atomic E-state index is 0.445. The summed E-state index contributed by atoms with van der Waals surface area (Å²) < 4.78 is 27.4. The fourth-order valence-corrected chi connectivity index (χ4v) is 1.65.